The van der Waals surface area contributed by atoms with Crippen molar-refractivity contribution >= 4 is 29.6 Å². The second-order valence-electron chi connectivity index (χ2n) is 3.96. The van der Waals surface area contributed by atoms with Crippen molar-refractivity contribution in [3.8, 4) is 17.6 Å². The minimum absolute atomic E-state index is 0.0849. The van der Waals surface area contributed by atoms with E-state index in [4.69, 9.17) is 33.8 Å². The molecule has 0 bridgehead atoms. The van der Waals surface area contributed by atoms with E-state index >= 15 is 0 Å². The van der Waals surface area contributed by atoms with Crippen LogP contribution in [0.2, 0.25) is 5.02 Å². The summed E-state index contributed by atoms with van der Waals surface area (Å²) in [6.07, 6.45) is 1.58. The molecule has 0 amide bonds. The molecule has 0 saturated carbocycles. The predicted octanol–water partition coefficient (Wildman–Crippen LogP) is 4.26. The Labute approximate surface area is 125 Å². The first-order valence-electron chi connectivity index (χ1n) is 5.63. The van der Waals surface area contributed by atoms with Gasteiger partial charge in [-0.3, -0.25) is 4.79 Å². The van der Waals surface area contributed by atoms with E-state index in [2.05, 4.69) is 4.98 Å². The summed E-state index contributed by atoms with van der Waals surface area (Å²) in [5, 5.41) is 9.36. The van der Waals surface area contributed by atoms with Crippen LogP contribution in [0.25, 0.3) is 0 Å². The summed E-state index contributed by atoms with van der Waals surface area (Å²) in [6, 6.07) is 8.28. The molecule has 4 nitrogen and oxygen atoms in total. The first-order valence-corrected chi connectivity index (χ1v) is 6.41. The number of hydrogen-bond acceptors (Lipinski definition) is 4. The van der Waals surface area contributed by atoms with E-state index in [1.54, 1.807) is 24.4 Å². The van der Waals surface area contributed by atoms with Gasteiger partial charge in [-0.05, 0) is 31.2 Å². The van der Waals surface area contributed by atoms with Crippen molar-refractivity contribution in [2.45, 2.75) is 6.92 Å². The molecule has 1 aromatic carbocycles. The number of hydrogen-bond donors (Lipinski definition) is 1. The summed E-state index contributed by atoms with van der Waals surface area (Å²) in [4.78, 5) is 14.0. The second kappa shape index (κ2) is 5.87. The minimum atomic E-state index is -0.0849. The van der Waals surface area contributed by atoms with E-state index in [1.165, 1.54) is 13.0 Å². The average molecular weight is 305 g/mol. The number of nitriles is 1. The number of rotatable bonds is 3. The number of pyridine rings is 1. The van der Waals surface area contributed by atoms with Crippen molar-refractivity contribution < 1.29 is 9.53 Å². The lowest BCUT2D eigenvalue weighted by Crippen LogP contribution is -1.94. The average Bonchev–Trinajstić information content (AvgIpc) is 2.41. The van der Waals surface area contributed by atoms with Gasteiger partial charge >= 0.3 is 0 Å². The normalized spacial score (nSPS) is 9.85. The maximum atomic E-state index is 11.3. The summed E-state index contributed by atoms with van der Waals surface area (Å²) in [6.45, 7) is 1.45. The lowest BCUT2D eigenvalue weighted by molar-refractivity contribution is 0.101. The first kappa shape index (κ1) is 14.3. The smallest absolute Gasteiger partial charge is 0.159 e. The molecule has 0 aliphatic carbocycles. The van der Waals surface area contributed by atoms with E-state index in [-0.39, 0.29) is 11.3 Å². The standard InChI is InChI=1S/C14H9ClN2O2S/c1-8(18)9-2-3-13(11(15)6-9)19-12-4-5-17-14(20)10(12)7-16/h2-6H,1H3,(H,17,20). The summed E-state index contributed by atoms with van der Waals surface area (Å²) in [7, 11) is 0. The third-order valence-corrected chi connectivity index (χ3v) is 3.21. The van der Waals surface area contributed by atoms with Gasteiger partial charge in [0.15, 0.2) is 5.78 Å². The molecule has 1 aromatic heterocycles. The molecule has 0 spiro atoms. The third-order valence-electron chi connectivity index (χ3n) is 2.59. The number of nitrogens with one attached hydrogen (secondary N) is 1. The number of carbonyl (C=O) groups is 1. The summed E-state index contributed by atoms with van der Waals surface area (Å²) in [5.74, 6) is 0.584. The largest absolute Gasteiger partial charge is 0.454 e. The van der Waals surface area contributed by atoms with Gasteiger partial charge in [-0.2, -0.15) is 5.26 Å². The van der Waals surface area contributed by atoms with E-state index in [0.717, 1.165) is 0 Å². The Balaban J connectivity index is 2.41. The van der Waals surface area contributed by atoms with Gasteiger partial charge in [0, 0.05) is 11.8 Å². The number of H-pyrrole nitrogens is 1. The number of ketones is 1. The minimum Gasteiger partial charge on any atom is -0.454 e. The van der Waals surface area contributed by atoms with Gasteiger partial charge in [-0.15, -0.1) is 0 Å². The van der Waals surface area contributed by atoms with E-state index in [9.17, 15) is 4.79 Å². The van der Waals surface area contributed by atoms with Gasteiger partial charge < -0.3 is 9.72 Å². The molecule has 1 N–H and O–H groups in total. The molecule has 2 rings (SSSR count). The highest BCUT2D eigenvalue weighted by atomic mass is 35.5. The van der Waals surface area contributed by atoms with Crippen LogP contribution in [-0.4, -0.2) is 10.8 Å². The van der Waals surface area contributed by atoms with Gasteiger partial charge in [0.05, 0.1) is 5.02 Å². The zero-order valence-electron chi connectivity index (χ0n) is 10.4. The number of halogens is 1. The van der Waals surface area contributed by atoms with E-state index < -0.39 is 0 Å². The Morgan fingerprint density at radius 1 is 1.40 bits per heavy atom. The Kier molecular flexibility index (Phi) is 4.18. The predicted molar refractivity (Wildman–Crippen MR) is 77.9 cm³/mol. The molecular weight excluding hydrogens is 296 g/mol. The zero-order chi connectivity index (χ0) is 14.7. The molecule has 6 heteroatoms. The van der Waals surface area contributed by atoms with Crippen LogP contribution in [0.4, 0.5) is 0 Å². The lowest BCUT2D eigenvalue weighted by Gasteiger charge is -2.09. The lowest BCUT2D eigenvalue weighted by atomic mass is 10.1. The number of nitrogens with zero attached hydrogens (tertiary/aromatic N) is 1. The zero-order valence-corrected chi connectivity index (χ0v) is 12.0. The van der Waals surface area contributed by atoms with Crippen molar-refractivity contribution in [2.24, 2.45) is 0 Å². The maximum absolute atomic E-state index is 11.3. The monoisotopic (exact) mass is 304 g/mol. The first-order chi connectivity index (χ1) is 9.52. The van der Waals surface area contributed by atoms with Crippen molar-refractivity contribution in [3.05, 3.63) is 51.3 Å². The van der Waals surface area contributed by atoms with Crippen LogP contribution in [-0.2, 0) is 0 Å². The molecular formula is C14H9ClN2O2S. The molecule has 0 saturated heterocycles. The fourth-order valence-electron chi connectivity index (χ4n) is 1.57. The molecule has 0 fully saturated rings. The highest BCUT2D eigenvalue weighted by Crippen LogP contribution is 2.31. The topological polar surface area (TPSA) is 65.9 Å². The van der Waals surface area contributed by atoms with Gasteiger partial charge in [-0.25, -0.2) is 0 Å². The molecule has 0 aliphatic rings. The van der Waals surface area contributed by atoms with Gasteiger partial charge in [0.25, 0.3) is 0 Å². The second-order valence-corrected chi connectivity index (χ2v) is 4.78. The number of Topliss-reactive ketones (excluding diaryl/α,β-unsaturated/α-hetero) is 1. The van der Waals surface area contributed by atoms with Crippen LogP contribution in [0.3, 0.4) is 0 Å². The number of carbonyl (C=O) groups excluding carboxylic acids is 1. The molecule has 20 heavy (non-hydrogen) atoms. The fraction of sp³-hybridized carbons (Fsp3) is 0.0714. The Morgan fingerprint density at radius 3 is 2.75 bits per heavy atom. The molecule has 0 aliphatic heterocycles. The molecule has 1 heterocycles. The number of benzene rings is 1. The molecule has 2 aromatic rings. The van der Waals surface area contributed by atoms with Crippen molar-refractivity contribution in [2.75, 3.05) is 0 Å². The Hall–Kier alpha value is -2.16. The molecule has 100 valence electrons. The summed E-state index contributed by atoms with van der Waals surface area (Å²) in [5.41, 5.74) is 0.724. The van der Waals surface area contributed by atoms with Crippen LogP contribution in [0.1, 0.15) is 22.8 Å². The summed E-state index contributed by atoms with van der Waals surface area (Å²) >= 11 is 11.1. The Bertz CT molecular complexity index is 777. The number of aromatic nitrogens is 1. The van der Waals surface area contributed by atoms with Crippen molar-refractivity contribution in [1.29, 1.82) is 5.26 Å². The van der Waals surface area contributed by atoms with Crippen LogP contribution in [0.15, 0.2) is 30.5 Å². The highest BCUT2D eigenvalue weighted by Gasteiger charge is 2.10. The summed E-state index contributed by atoms with van der Waals surface area (Å²) < 4.78 is 5.89. The van der Waals surface area contributed by atoms with Gasteiger partial charge in [0.2, 0.25) is 0 Å². The molecule has 0 unspecified atom stereocenters. The maximum Gasteiger partial charge on any atom is 0.159 e. The van der Waals surface area contributed by atoms with Crippen LogP contribution < -0.4 is 4.74 Å². The third kappa shape index (κ3) is 2.87. The van der Waals surface area contributed by atoms with Gasteiger partial charge in [0.1, 0.15) is 27.8 Å². The van der Waals surface area contributed by atoms with Crippen LogP contribution in [0, 0.1) is 16.0 Å². The Morgan fingerprint density at radius 2 is 2.15 bits per heavy atom. The number of ether oxygens (including phenoxy) is 1. The van der Waals surface area contributed by atoms with Crippen LogP contribution in [0.5, 0.6) is 11.5 Å². The van der Waals surface area contributed by atoms with Crippen molar-refractivity contribution in [3.63, 3.8) is 0 Å². The number of aromatic amines is 1. The highest BCUT2D eigenvalue weighted by molar-refractivity contribution is 7.71. The molecule has 0 atom stereocenters. The quantitative estimate of drug-likeness (QED) is 0.679. The van der Waals surface area contributed by atoms with Crippen LogP contribution >= 0.6 is 23.8 Å². The van der Waals surface area contributed by atoms with E-state index in [1.807, 2.05) is 6.07 Å². The SMILES string of the molecule is CC(=O)c1ccc(Oc2cc[nH]c(=S)c2C#N)c(Cl)c1. The molecule has 0 radical (unpaired) electrons. The van der Waals surface area contributed by atoms with Gasteiger partial charge in [-0.1, -0.05) is 23.8 Å². The van der Waals surface area contributed by atoms with E-state index in [0.29, 0.717) is 26.7 Å². The fourth-order valence-corrected chi connectivity index (χ4v) is 2.01. The van der Waals surface area contributed by atoms with Crippen molar-refractivity contribution in [1.82, 2.24) is 4.98 Å².